The van der Waals surface area contributed by atoms with E-state index in [-0.39, 0.29) is 0 Å². The van der Waals surface area contributed by atoms with Crippen LogP contribution in [-0.2, 0) is 9.59 Å². The molecule has 0 aliphatic carbocycles. The van der Waals surface area contributed by atoms with E-state index in [2.05, 4.69) is 15.6 Å². The molecule has 5 nitrogen and oxygen atoms in total. The summed E-state index contributed by atoms with van der Waals surface area (Å²) >= 11 is 0. The van der Waals surface area contributed by atoms with Crippen LogP contribution in [0.4, 0.5) is 11.4 Å². The molecule has 1 heterocycles. The summed E-state index contributed by atoms with van der Waals surface area (Å²) in [5, 5.41) is 7.13. The normalized spacial score (nSPS) is 10.2. The lowest BCUT2D eigenvalue weighted by molar-refractivity contribution is -0.132. The summed E-state index contributed by atoms with van der Waals surface area (Å²) < 4.78 is 0. The molecule has 3 aromatic rings. The van der Waals surface area contributed by atoms with Gasteiger partial charge in [-0.15, -0.1) is 0 Å². The molecule has 2 N–H and O–H groups in total. The highest BCUT2D eigenvalue weighted by molar-refractivity contribution is 6.43. The van der Waals surface area contributed by atoms with Crippen molar-refractivity contribution in [2.24, 2.45) is 0 Å². The van der Waals surface area contributed by atoms with Crippen LogP contribution in [0.1, 0.15) is 0 Å². The first-order chi connectivity index (χ1) is 10.7. The Kier molecular flexibility index (Phi) is 3.78. The number of fused-ring (bicyclic) bond motifs is 1. The average Bonchev–Trinajstić information content (AvgIpc) is 2.55. The molecule has 0 fully saturated rings. The lowest BCUT2D eigenvalue weighted by Crippen LogP contribution is -2.29. The highest BCUT2D eigenvalue weighted by Gasteiger charge is 2.14. The van der Waals surface area contributed by atoms with Crippen LogP contribution < -0.4 is 10.6 Å². The number of pyridine rings is 1. The largest absolute Gasteiger partial charge is 0.318 e. The number of benzene rings is 2. The van der Waals surface area contributed by atoms with Gasteiger partial charge in [0.05, 0.1) is 11.9 Å². The van der Waals surface area contributed by atoms with E-state index < -0.39 is 11.8 Å². The molecule has 0 spiro atoms. The SMILES string of the molecule is O=C(Nc1cccnc1)C(=O)Nc1ccc2ccccc2c1. The zero-order valence-electron chi connectivity index (χ0n) is 11.6. The van der Waals surface area contributed by atoms with Crippen LogP contribution in [0.15, 0.2) is 67.0 Å². The van der Waals surface area contributed by atoms with Crippen LogP contribution >= 0.6 is 0 Å². The highest BCUT2D eigenvalue weighted by Crippen LogP contribution is 2.18. The Hall–Kier alpha value is -3.21. The first-order valence-corrected chi connectivity index (χ1v) is 6.73. The molecule has 0 atom stereocenters. The molecule has 0 radical (unpaired) electrons. The molecule has 0 aliphatic heterocycles. The third kappa shape index (κ3) is 3.09. The Morgan fingerprint density at radius 2 is 1.50 bits per heavy atom. The van der Waals surface area contributed by atoms with Gasteiger partial charge in [0.15, 0.2) is 0 Å². The number of amides is 2. The summed E-state index contributed by atoms with van der Waals surface area (Å²) in [4.78, 5) is 27.6. The third-order valence-electron chi connectivity index (χ3n) is 3.13. The molecule has 5 heteroatoms. The predicted molar refractivity (Wildman–Crippen MR) is 85.4 cm³/mol. The fraction of sp³-hybridized carbons (Fsp3) is 0. The van der Waals surface area contributed by atoms with E-state index in [9.17, 15) is 9.59 Å². The van der Waals surface area contributed by atoms with Gasteiger partial charge in [0.1, 0.15) is 0 Å². The standard InChI is InChI=1S/C17H13N3O2/c21-16(17(22)20-15-6-3-9-18-11-15)19-14-8-7-12-4-1-2-5-13(12)10-14/h1-11H,(H,19,21)(H,20,22). The van der Waals surface area contributed by atoms with Crippen LogP contribution in [-0.4, -0.2) is 16.8 Å². The van der Waals surface area contributed by atoms with Gasteiger partial charge in [-0.3, -0.25) is 14.6 Å². The Balaban J connectivity index is 1.71. The van der Waals surface area contributed by atoms with Crippen LogP contribution in [0.5, 0.6) is 0 Å². The Labute approximate surface area is 127 Å². The first kappa shape index (κ1) is 13.8. The lowest BCUT2D eigenvalue weighted by Gasteiger charge is -2.07. The van der Waals surface area contributed by atoms with E-state index in [0.29, 0.717) is 11.4 Å². The number of hydrogen-bond donors (Lipinski definition) is 2. The van der Waals surface area contributed by atoms with Gasteiger partial charge >= 0.3 is 11.8 Å². The zero-order chi connectivity index (χ0) is 15.4. The number of nitrogens with zero attached hydrogens (tertiary/aromatic N) is 1. The van der Waals surface area contributed by atoms with Crippen molar-refractivity contribution in [1.29, 1.82) is 0 Å². The molecular formula is C17H13N3O2. The van der Waals surface area contributed by atoms with Crippen molar-refractivity contribution in [1.82, 2.24) is 4.98 Å². The number of hydrogen-bond acceptors (Lipinski definition) is 3. The topological polar surface area (TPSA) is 71.1 Å². The molecule has 0 bridgehead atoms. The number of nitrogens with one attached hydrogen (secondary N) is 2. The third-order valence-corrected chi connectivity index (χ3v) is 3.13. The molecule has 108 valence electrons. The number of carbonyl (C=O) groups is 2. The molecule has 0 unspecified atom stereocenters. The fourth-order valence-corrected chi connectivity index (χ4v) is 2.08. The van der Waals surface area contributed by atoms with E-state index in [1.807, 2.05) is 36.4 Å². The van der Waals surface area contributed by atoms with Crippen molar-refractivity contribution in [2.75, 3.05) is 10.6 Å². The minimum Gasteiger partial charge on any atom is -0.318 e. The van der Waals surface area contributed by atoms with E-state index in [1.165, 1.54) is 6.20 Å². The van der Waals surface area contributed by atoms with Gasteiger partial charge in [0.2, 0.25) is 0 Å². The summed E-state index contributed by atoms with van der Waals surface area (Å²) in [7, 11) is 0. The fourth-order valence-electron chi connectivity index (χ4n) is 2.08. The maximum atomic E-state index is 11.9. The van der Waals surface area contributed by atoms with Gasteiger partial charge < -0.3 is 10.6 Å². The van der Waals surface area contributed by atoms with Crippen molar-refractivity contribution in [3.05, 3.63) is 67.0 Å². The van der Waals surface area contributed by atoms with Gasteiger partial charge in [-0.05, 0) is 35.0 Å². The lowest BCUT2D eigenvalue weighted by atomic mass is 10.1. The number of anilines is 2. The smallest absolute Gasteiger partial charge is 0.314 e. The first-order valence-electron chi connectivity index (χ1n) is 6.73. The summed E-state index contributed by atoms with van der Waals surface area (Å²) in [6.45, 7) is 0. The molecule has 1 aromatic heterocycles. The minimum atomic E-state index is -0.735. The van der Waals surface area contributed by atoms with Gasteiger partial charge in [-0.2, -0.15) is 0 Å². The monoisotopic (exact) mass is 291 g/mol. The van der Waals surface area contributed by atoms with Gasteiger partial charge in [-0.1, -0.05) is 30.3 Å². The van der Waals surface area contributed by atoms with Crippen LogP contribution in [0.25, 0.3) is 10.8 Å². The van der Waals surface area contributed by atoms with E-state index >= 15 is 0 Å². The van der Waals surface area contributed by atoms with Crippen molar-refractivity contribution in [3.63, 3.8) is 0 Å². The highest BCUT2D eigenvalue weighted by atomic mass is 16.2. The van der Waals surface area contributed by atoms with Crippen LogP contribution in [0.2, 0.25) is 0 Å². The molecule has 2 amide bonds. The van der Waals surface area contributed by atoms with Crippen LogP contribution in [0, 0.1) is 0 Å². The Morgan fingerprint density at radius 3 is 2.23 bits per heavy atom. The van der Waals surface area contributed by atoms with Crippen LogP contribution in [0.3, 0.4) is 0 Å². The van der Waals surface area contributed by atoms with Gasteiger partial charge in [0.25, 0.3) is 0 Å². The van der Waals surface area contributed by atoms with Gasteiger partial charge in [0, 0.05) is 11.9 Å². The van der Waals surface area contributed by atoms with Crippen molar-refractivity contribution in [3.8, 4) is 0 Å². The molecule has 2 aromatic carbocycles. The second kappa shape index (κ2) is 6.05. The number of carbonyl (C=O) groups excluding carboxylic acids is 2. The van der Waals surface area contributed by atoms with E-state index in [4.69, 9.17) is 0 Å². The summed E-state index contributed by atoms with van der Waals surface area (Å²) in [6, 6.07) is 16.6. The van der Waals surface area contributed by atoms with E-state index in [0.717, 1.165) is 10.8 Å². The molecule has 3 rings (SSSR count). The molecule has 0 saturated heterocycles. The molecule has 0 aliphatic rings. The number of rotatable bonds is 2. The second-order valence-electron chi connectivity index (χ2n) is 4.71. The maximum Gasteiger partial charge on any atom is 0.314 e. The van der Waals surface area contributed by atoms with E-state index in [1.54, 1.807) is 24.4 Å². The van der Waals surface area contributed by atoms with Crippen molar-refractivity contribution < 1.29 is 9.59 Å². The Bertz CT molecular complexity index is 831. The maximum absolute atomic E-state index is 11.9. The summed E-state index contributed by atoms with van der Waals surface area (Å²) in [5.74, 6) is -1.46. The zero-order valence-corrected chi connectivity index (χ0v) is 11.6. The molecule has 0 saturated carbocycles. The van der Waals surface area contributed by atoms with Crippen molar-refractivity contribution in [2.45, 2.75) is 0 Å². The minimum absolute atomic E-state index is 0.473. The Morgan fingerprint density at radius 1 is 0.773 bits per heavy atom. The molecule has 22 heavy (non-hydrogen) atoms. The average molecular weight is 291 g/mol. The summed E-state index contributed by atoms with van der Waals surface area (Å²) in [6.07, 6.45) is 3.06. The van der Waals surface area contributed by atoms with Crippen molar-refractivity contribution >= 4 is 34.0 Å². The summed E-state index contributed by atoms with van der Waals surface area (Å²) in [5.41, 5.74) is 1.05. The number of aromatic nitrogens is 1. The quantitative estimate of drug-likeness (QED) is 0.713. The predicted octanol–water partition coefficient (Wildman–Crippen LogP) is 2.81. The molecular weight excluding hydrogens is 278 g/mol. The van der Waals surface area contributed by atoms with Gasteiger partial charge in [-0.25, -0.2) is 0 Å². The second-order valence-corrected chi connectivity index (χ2v) is 4.71.